The number of aryl methyl sites for hydroxylation is 2. The lowest BCUT2D eigenvalue weighted by Crippen LogP contribution is -2.05. The highest BCUT2D eigenvalue weighted by molar-refractivity contribution is 5.39. The maximum atomic E-state index is 13.2. The molecule has 0 aromatic heterocycles. The Morgan fingerprint density at radius 2 is 1.44 bits per heavy atom. The molecule has 18 heavy (non-hydrogen) atoms. The highest BCUT2D eigenvalue weighted by Crippen LogP contribution is 2.28. The molecule has 0 aliphatic rings. The SMILES string of the molecule is Cc1cc(F)ccc1C(O)c1cc(F)ccc1C. The fourth-order valence-corrected chi connectivity index (χ4v) is 2.02. The van der Waals surface area contributed by atoms with Crippen molar-refractivity contribution >= 4 is 0 Å². The largest absolute Gasteiger partial charge is 0.384 e. The van der Waals surface area contributed by atoms with Gasteiger partial charge in [-0.3, -0.25) is 0 Å². The molecule has 94 valence electrons. The fourth-order valence-electron chi connectivity index (χ4n) is 2.02. The van der Waals surface area contributed by atoms with E-state index in [1.54, 1.807) is 19.9 Å². The zero-order valence-electron chi connectivity index (χ0n) is 10.2. The van der Waals surface area contributed by atoms with E-state index >= 15 is 0 Å². The lowest BCUT2D eigenvalue weighted by atomic mass is 9.94. The maximum absolute atomic E-state index is 13.2. The first-order valence-electron chi connectivity index (χ1n) is 5.69. The molecule has 0 amide bonds. The number of benzene rings is 2. The molecule has 2 aromatic carbocycles. The van der Waals surface area contributed by atoms with Gasteiger partial charge >= 0.3 is 0 Å². The van der Waals surface area contributed by atoms with Crippen molar-refractivity contribution in [3.8, 4) is 0 Å². The lowest BCUT2D eigenvalue weighted by Gasteiger charge is -2.16. The summed E-state index contributed by atoms with van der Waals surface area (Å²) in [7, 11) is 0. The molecule has 3 heteroatoms. The van der Waals surface area contributed by atoms with Crippen LogP contribution in [0.1, 0.15) is 28.4 Å². The average Bonchev–Trinajstić information content (AvgIpc) is 2.31. The van der Waals surface area contributed by atoms with Crippen LogP contribution in [0.2, 0.25) is 0 Å². The predicted molar refractivity (Wildman–Crippen MR) is 66.3 cm³/mol. The number of halogens is 2. The number of hydrogen-bond donors (Lipinski definition) is 1. The Hall–Kier alpha value is -1.74. The van der Waals surface area contributed by atoms with Gasteiger partial charge in [-0.05, 0) is 60.4 Å². The van der Waals surface area contributed by atoms with E-state index < -0.39 is 11.9 Å². The molecule has 0 bridgehead atoms. The molecule has 0 fully saturated rings. The van der Waals surface area contributed by atoms with Gasteiger partial charge in [-0.15, -0.1) is 0 Å². The number of rotatable bonds is 2. The Kier molecular flexibility index (Phi) is 3.43. The number of aliphatic hydroxyl groups excluding tert-OH is 1. The van der Waals surface area contributed by atoms with Crippen molar-refractivity contribution in [3.05, 3.63) is 70.3 Å². The van der Waals surface area contributed by atoms with Crippen LogP contribution < -0.4 is 0 Å². The predicted octanol–water partition coefficient (Wildman–Crippen LogP) is 3.66. The quantitative estimate of drug-likeness (QED) is 0.859. The minimum atomic E-state index is -0.943. The van der Waals surface area contributed by atoms with E-state index in [2.05, 4.69) is 0 Å². The molecular formula is C15H14F2O. The highest BCUT2D eigenvalue weighted by Gasteiger charge is 2.16. The van der Waals surface area contributed by atoms with Gasteiger partial charge in [0, 0.05) is 0 Å². The molecule has 0 aliphatic carbocycles. The second-order valence-corrected chi connectivity index (χ2v) is 4.40. The monoisotopic (exact) mass is 248 g/mol. The lowest BCUT2D eigenvalue weighted by molar-refractivity contribution is 0.218. The molecule has 1 atom stereocenters. The normalized spacial score (nSPS) is 12.5. The molecule has 2 aromatic rings. The molecule has 1 N–H and O–H groups in total. The van der Waals surface area contributed by atoms with E-state index in [0.717, 1.165) is 5.56 Å². The summed E-state index contributed by atoms with van der Waals surface area (Å²) >= 11 is 0. The summed E-state index contributed by atoms with van der Waals surface area (Å²) in [6.45, 7) is 3.52. The van der Waals surface area contributed by atoms with E-state index in [1.165, 1.54) is 30.3 Å². The molecule has 0 aliphatic heterocycles. The first-order chi connectivity index (χ1) is 8.49. The molecule has 0 heterocycles. The molecule has 0 radical (unpaired) electrons. The first kappa shape index (κ1) is 12.7. The van der Waals surface area contributed by atoms with Crippen LogP contribution in [0.4, 0.5) is 8.78 Å². The Labute approximate surface area is 105 Å². The van der Waals surface area contributed by atoms with Crippen LogP contribution in [0.3, 0.4) is 0 Å². The fraction of sp³-hybridized carbons (Fsp3) is 0.200. The zero-order valence-corrected chi connectivity index (χ0v) is 10.2. The summed E-state index contributed by atoms with van der Waals surface area (Å²) in [5, 5.41) is 10.3. The summed E-state index contributed by atoms with van der Waals surface area (Å²) in [4.78, 5) is 0. The van der Waals surface area contributed by atoms with Gasteiger partial charge in [0.1, 0.15) is 17.7 Å². The van der Waals surface area contributed by atoms with E-state index in [-0.39, 0.29) is 5.82 Å². The van der Waals surface area contributed by atoms with Gasteiger partial charge in [0.05, 0.1) is 0 Å². The zero-order chi connectivity index (χ0) is 13.3. The number of hydrogen-bond acceptors (Lipinski definition) is 1. The summed E-state index contributed by atoms with van der Waals surface area (Å²) in [6.07, 6.45) is -0.943. The summed E-state index contributed by atoms with van der Waals surface area (Å²) in [5.74, 6) is -0.742. The van der Waals surface area contributed by atoms with Crippen molar-refractivity contribution in [2.24, 2.45) is 0 Å². The molecular weight excluding hydrogens is 234 g/mol. The first-order valence-corrected chi connectivity index (χ1v) is 5.69. The summed E-state index contributed by atoms with van der Waals surface area (Å²) in [6, 6.07) is 8.45. The topological polar surface area (TPSA) is 20.2 Å². The second-order valence-electron chi connectivity index (χ2n) is 4.40. The smallest absolute Gasteiger partial charge is 0.123 e. The third-order valence-corrected chi connectivity index (χ3v) is 3.06. The van der Waals surface area contributed by atoms with Crippen LogP contribution in [0, 0.1) is 25.5 Å². The van der Waals surface area contributed by atoms with Crippen molar-refractivity contribution in [2.45, 2.75) is 20.0 Å². The van der Waals surface area contributed by atoms with Crippen LogP contribution in [0.15, 0.2) is 36.4 Å². The Morgan fingerprint density at radius 3 is 2.11 bits per heavy atom. The molecule has 1 unspecified atom stereocenters. The van der Waals surface area contributed by atoms with Crippen molar-refractivity contribution in [1.82, 2.24) is 0 Å². The van der Waals surface area contributed by atoms with E-state index in [0.29, 0.717) is 16.7 Å². The molecule has 0 saturated carbocycles. The van der Waals surface area contributed by atoms with Gasteiger partial charge in [-0.25, -0.2) is 8.78 Å². The van der Waals surface area contributed by atoms with Crippen molar-refractivity contribution in [1.29, 1.82) is 0 Å². The number of aliphatic hydroxyl groups is 1. The second kappa shape index (κ2) is 4.86. The average molecular weight is 248 g/mol. The minimum Gasteiger partial charge on any atom is -0.384 e. The van der Waals surface area contributed by atoms with E-state index in [4.69, 9.17) is 0 Å². The minimum absolute atomic E-state index is 0.348. The summed E-state index contributed by atoms with van der Waals surface area (Å²) < 4.78 is 26.2. The molecule has 0 saturated heterocycles. The van der Waals surface area contributed by atoms with Crippen LogP contribution in [-0.4, -0.2) is 5.11 Å². The molecule has 0 spiro atoms. The van der Waals surface area contributed by atoms with Crippen LogP contribution in [-0.2, 0) is 0 Å². The highest BCUT2D eigenvalue weighted by atomic mass is 19.1. The Bertz CT molecular complexity index is 579. The van der Waals surface area contributed by atoms with Gasteiger partial charge in [0.25, 0.3) is 0 Å². The maximum Gasteiger partial charge on any atom is 0.123 e. The van der Waals surface area contributed by atoms with Gasteiger partial charge < -0.3 is 5.11 Å². The van der Waals surface area contributed by atoms with Gasteiger partial charge in [-0.2, -0.15) is 0 Å². The van der Waals surface area contributed by atoms with Crippen molar-refractivity contribution in [2.75, 3.05) is 0 Å². The van der Waals surface area contributed by atoms with Gasteiger partial charge in [-0.1, -0.05) is 12.1 Å². The van der Waals surface area contributed by atoms with Crippen LogP contribution in [0.25, 0.3) is 0 Å². The third kappa shape index (κ3) is 2.41. The Morgan fingerprint density at radius 1 is 0.833 bits per heavy atom. The van der Waals surface area contributed by atoms with E-state index in [9.17, 15) is 13.9 Å². The Balaban J connectivity index is 2.47. The van der Waals surface area contributed by atoms with Crippen molar-refractivity contribution in [3.63, 3.8) is 0 Å². The summed E-state index contributed by atoms with van der Waals surface area (Å²) in [5.41, 5.74) is 2.54. The molecule has 1 nitrogen and oxygen atoms in total. The standard InChI is InChI=1S/C15H14F2O/c1-9-3-4-12(17)8-14(9)15(18)13-6-5-11(16)7-10(13)2/h3-8,15,18H,1-2H3. The van der Waals surface area contributed by atoms with Gasteiger partial charge in [0.2, 0.25) is 0 Å². The van der Waals surface area contributed by atoms with Crippen molar-refractivity contribution < 1.29 is 13.9 Å². The molecule has 2 rings (SSSR count). The third-order valence-electron chi connectivity index (χ3n) is 3.06. The van der Waals surface area contributed by atoms with Crippen LogP contribution >= 0.6 is 0 Å². The van der Waals surface area contributed by atoms with Crippen LogP contribution in [0.5, 0.6) is 0 Å². The van der Waals surface area contributed by atoms with Gasteiger partial charge in [0.15, 0.2) is 0 Å². The van der Waals surface area contributed by atoms with E-state index in [1.807, 2.05) is 0 Å².